The van der Waals surface area contributed by atoms with Crippen molar-refractivity contribution in [2.75, 3.05) is 7.11 Å². The van der Waals surface area contributed by atoms with Crippen LogP contribution >= 0.6 is 0 Å². The molecule has 1 aromatic carbocycles. The van der Waals surface area contributed by atoms with Gasteiger partial charge in [0.2, 0.25) is 0 Å². The van der Waals surface area contributed by atoms with Crippen molar-refractivity contribution < 1.29 is 17.9 Å². The highest BCUT2D eigenvalue weighted by Crippen LogP contribution is 2.40. The molecule has 0 radical (unpaired) electrons. The maximum Gasteiger partial charge on any atom is 0.420 e. The molecule has 0 atom stereocenters. The molecule has 0 aliphatic heterocycles. The lowest BCUT2D eigenvalue weighted by Crippen LogP contribution is -2.12. The van der Waals surface area contributed by atoms with E-state index in [1.54, 1.807) is 19.9 Å². The molecule has 0 N–H and O–H groups in total. The number of ether oxygens (including phenoxy) is 1. The Morgan fingerprint density at radius 1 is 1.20 bits per heavy atom. The van der Waals surface area contributed by atoms with E-state index in [1.165, 1.54) is 19.2 Å². The standard InChI is InChI=1S/C11H13F3O/c1-7(2)8-5-4-6-9(15-3)10(8)11(12,13)14/h4-7H,1-3H3. The van der Waals surface area contributed by atoms with Gasteiger partial charge in [-0.3, -0.25) is 0 Å². The first-order valence-corrected chi connectivity index (χ1v) is 4.62. The maximum absolute atomic E-state index is 12.8. The SMILES string of the molecule is COc1cccc(C(C)C)c1C(F)(F)F. The summed E-state index contributed by atoms with van der Waals surface area (Å²) >= 11 is 0. The maximum atomic E-state index is 12.8. The largest absolute Gasteiger partial charge is 0.496 e. The monoisotopic (exact) mass is 218 g/mol. The summed E-state index contributed by atoms with van der Waals surface area (Å²) in [6.07, 6.45) is -4.37. The van der Waals surface area contributed by atoms with Gasteiger partial charge in [0.25, 0.3) is 0 Å². The van der Waals surface area contributed by atoms with E-state index < -0.39 is 11.7 Å². The molecule has 0 aromatic heterocycles. The molecule has 0 amide bonds. The van der Waals surface area contributed by atoms with Crippen LogP contribution in [-0.2, 0) is 6.18 Å². The normalized spacial score (nSPS) is 11.9. The first kappa shape index (κ1) is 11.9. The molecule has 4 heteroatoms. The van der Waals surface area contributed by atoms with Crippen LogP contribution in [0.15, 0.2) is 18.2 Å². The topological polar surface area (TPSA) is 9.23 Å². The Labute approximate surface area is 86.9 Å². The third-order valence-corrected chi connectivity index (χ3v) is 2.18. The Kier molecular flexibility index (Phi) is 3.27. The summed E-state index contributed by atoms with van der Waals surface area (Å²) in [7, 11) is 1.24. The second-order valence-corrected chi connectivity index (χ2v) is 3.58. The summed E-state index contributed by atoms with van der Waals surface area (Å²) < 4.78 is 43.1. The molecule has 1 aromatic rings. The Morgan fingerprint density at radius 3 is 2.20 bits per heavy atom. The highest BCUT2D eigenvalue weighted by molar-refractivity contribution is 5.43. The Bertz CT molecular complexity index is 342. The number of hydrogen-bond acceptors (Lipinski definition) is 1. The molecule has 84 valence electrons. The zero-order valence-electron chi connectivity index (χ0n) is 8.85. The molecule has 0 aliphatic rings. The van der Waals surface area contributed by atoms with Gasteiger partial charge < -0.3 is 4.74 Å². The quantitative estimate of drug-likeness (QED) is 0.732. The Hall–Kier alpha value is -1.19. The lowest BCUT2D eigenvalue weighted by molar-refractivity contribution is -0.139. The lowest BCUT2D eigenvalue weighted by atomic mass is 9.96. The average molecular weight is 218 g/mol. The third-order valence-electron chi connectivity index (χ3n) is 2.18. The van der Waals surface area contributed by atoms with Crippen LogP contribution in [0.1, 0.15) is 30.9 Å². The van der Waals surface area contributed by atoms with Crippen molar-refractivity contribution >= 4 is 0 Å². The van der Waals surface area contributed by atoms with Gasteiger partial charge in [0.1, 0.15) is 11.3 Å². The number of benzene rings is 1. The second-order valence-electron chi connectivity index (χ2n) is 3.58. The number of rotatable bonds is 2. The lowest BCUT2D eigenvalue weighted by Gasteiger charge is -2.18. The highest BCUT2D eigenvalue weighted by atomic mass is 19.4. The molecule has 1 rings (SSSR count). The molecular formula is C11H13F3O. The van der Waals surface area contributed by atoms with Gasteiger partial charge in [-0.2, -0.15) is 13.2 Å². The molecule has 0 saturated heterocycles. The summed E-state index contributed by atoms with van der Waals surface area (Å²) in [5.41, 5.74) is -0.399. The fourth-order valence-electron chi connectivity index (χ4n) is 1.50. The smallest absolute Gasteiger partial charge is 0.420 e. The summed E-state index contributed by atoms with van der Waals surface area (Å²) in [5.74, 6) is -0.301. The minimum absolute atomic E-state index is 0.117. The summed E-state index contributed by atoms with van der Waals surface area (Å²) in [5, 5.41) is 0. The van der Waals surface area contributed by atoms with Crippen molar-refractivity contribution in [1.29, 1.82) is 0 Å². The average Bonchev–Trinajstić information content (AvgIpc) is 2.15. The van der Waals surface area contributed by atoms with Crippen LogP contribution in [0.25, 0.3) is 0 Å². The van der Waals surface area contributed by atoms with Crippen molar-refractivity contribution in [2.24, 2.45) is 0 Å². The van der Waals surface area contributed by atoms with Crippen molar-refractivity contribution in [3.8, 4) is 5.75 Å². The van der Waals surface area contributed by atoms with Crippen LogP contribution in [0, 0.1) is 0 Å². The van der Waals surface area contributed by atoms with Gasteiger partial charge in [-0.25, -0.2) is 0 Å². The first-order valence-electron chi connectivity index (χ1n) is 4.62. The van der Waals surface area contributed by atoms with Crippen molar-refractivity contribution in [3.05, 3.63) is 29.3 Å². The van der Waals surface area contributed by atoms with E-state index >= 15 is 0 Å². The number of methoxy groups -OCH3 is 1. The van der Waals surface area contributed by atoms with Crippen LogP contribution in [0.3, 0.4) is 0 Å². The van der Waals surface area contributed by atoms with E-state index in [0.717, 1.165) is 0 Å². The van der Waals surface area contributed by atoms with E-state index in [9.17, 15) is 13.2 Å². The molecule has 15 heavy (non-hydrogen) atoms. The van der Waals surface area contributed by atoms with E-state index in [1.807, 2.05) is 0 Å². The fraction of sp³-hybridized carbons (Fsp3) is 0.455. The molecule has 0 fully saturated rings. The molecule has 0 bridgehead atoms. The van der Waals surface area contributed by atoms with Crippen molar-refractivity contribution in [3.63, 3.8) is 0 Å². The molecule has 1 nitrogen and oxygen atoms in total. The summed E-state index contributed by atoms with van der Waals surface area (Å²) in [6.45, 7) is 3.45. The van der Waals surface area contributed by atoms with Crippen LogP contribution in [0.5, 0.6) is 5.75 Å². The van der Waals surface area contributed by atoms with Crippen molar-refractivity contribution in [1.82, 2.24) is 0 Å². The predicted octanol–water partition coefficient (Wildman–Crippen LogP) is 3.84. The Morgan fingerprint density at radius 2 is 1.80 bits per heavy atom. The highest BCUT2D eigenvalue weighted by Gasteiger charge is 2.37. The fourth-order valence-corrected chi connectivity index (χ4v) is 1.50. The van der Waals surface area contributed by atoms with Gasteiger partial charge >= 0.3 is 6.18 Å². The molecule has 0 saturated carbocycles. The van der Waals surface area contributed by atoms with Crippen molar-refractivity contribution in [2.45, 2.75) is 25.9 Å². The molecule has 0 unspecified atom stereocenters. The van der Waals surface area contributed by atoms with Gasteiger partial charge in [0.05, 0.1) is 7.11 Å². The van der Waals surface area contributed by atoms with Gasteiger partial charge in [-0.15, -0.1) is 0 Å². The van der Waals surface area contributed by atoms with Gasteiger partial charge in [0.15, 0.2) is 0 Å². The van der Waals surface area contributed by atoms with E-state index in [2.05, 4.69) is 0 Å². The minimum Gasteiger partial charge on any atom is -0.496 e. The molecule has 0 spiro atoms. The number of alkyl halides is 3. The van der Waals surface area contributed by atoms with E-state index in [-0.39, 0.29) is 17.2 Å². The summed E-state index contributed by atoms with van der Waals surface area (Å²) in [4.78, 5) is 0. The second kappa shape index (κ2) is 4.13. The third kappa shape index (κ3) is 2.43. The Balaban J connectivity index is 3.41. The van der Waals surface area contributed by atoms with Crippen LogP contribution in [0.4, 0.5) is 13.2 Å². The van der Waals surface area contributed by atoms with E-state index in [0.29, 0.717) is 0 Å². The number of halogens is 3. The minimum atomic E-state index is -4.37. The molecule has 0 heterocycles. The van der Waals surface area contributed by atoms with Gasteiger partial charge in [-0.05, 0) is 17.5 Å². The zero-order valence-corrected chi connectivity index (χ0v) is 8.85. The zero-order chi connectivity index (χ0) is 11.6. The van der Waals surface area contributed by atoms with E-state index in [4.69, 9.17) is 4.74 Å². The van der Waals surface area contributed by atoms with Gasteiger partial charge in [-0.1, -0.05) is 26.0 Å². The first-order chi connectivity index (χ1) is 6.88. The predicted molar refractivity (Wildman–Crippen MR) is 52.1 cm³/mol. The molecule has 0 aliphatic carbocycles. The number of hydrogen-bond donors (Lipinski definition) is 0. The summed E-state index contributed by atoms with van der Waals surface area (Å²) in [6, 6.07) is 4.38. The van der Waals surface area contributed by atoms with Crippen LogP contribution < -0.4 is 4.74 Å². The van der Waals surface area contributed by atoms with Crippen LogP contribution in [-0.4, -0.2) is 7.11 Å². The van der Waals surface area contributed by atoms with Gasteiger partial charge in [0, 0.05) is 0 Å². The molecular weight excluding hydrogens is 205 g/mol. The van der Waals surface area contributed by atoms with Crippen LogP contribution in [0.2, 0.25) is 0 Å².